The number of anilines is 1. The summed E-state index contributed by atoms with van der Waals surface area (Å²) >= 11 is 1.38. The van der Waals surface area contributed by atoms with Gasteiger partial charge in [-0.1, -0.05) is 12.1 Å². The fourth-order valence-corrected chi connectivity index (χ4v) is 3.71. The molecule has 2 N–H and O–H groups in total. The maximum atomic E-state index is 13.6. The van der Waals surface area contributed by atoms with Crippen LogP contribution in [0.1, 0.15) is 28.9 Å². The quantitative estimate of drug-likeness (QED) is 0.799. The van der Waals surface area contributed by atoms with Gasteiger partial charge in [-0.2, -0.15) is 0 Å². The number of halogens is 1. The molecule has 7 nitrogen and oxygen atoms in total. The van der Waals surface area contributed by atoms with Gasteiger partial charge in [-0.15, -0.1) is 11.3 Å². The number of carbonyl (C=O) groups is 3. The van der Waals surface area contributed by atoms with E-state index in [0.29, 0.717) is 31.1 Å². The van der Waals surface area contributed by atoms with Gasteiger partial charge in [0, 0.05) is 24.4 Å². The van der Waals surface area contributed by atoms with E-state index in [-0.39, 0.29) is 29.8 Å². The van der Waals surface area contributed by atoms with Crippen molar-refractivity contribution < 1.29 is 18.8 Å². The molecule has 1 aromatic carbocycles. The van der Waals surface area contributed by atoms with Gasteiger partial charge in [-0.3, -0.25) is 14.4 Å². The third-order valence-corrected chi connectivity index (χ3v) is 5.46. The molecule has 1 fully saturated rings. The summed E-state index contributed by atoms with van der Waals surface area (Å²) in [6, 6.07) is 5.61. The lowest BCUT2D eigenvalue weighted by Gasteiger charge is -2.31. The molecule has 1 saturated heterocycles. The molecule has 0 radical (unpaired) electrons. The number of hydrogen-bond donors (Lipinski definition) is 2. The zero-order valence-corrected chi connectivity index (χ0v) is 16.2. The van der Waals surface area contributed by atoms with Crippen molar-refractivity contribution in [1.82, 2.24) is 15.2 Å². The van der Waals surface area contributed by atoms with Gasteiger partial charge >= 0.3 is 0 Å². The van der Waals surface area contributed by atoms with E-state index >= 15 is 0 Å². The van der Waals surface area contributed by atoms with Gasteiger partial charge in [0.2, 0.25) is 11.8 Å². The number of piperidine rings is 1. The second kappa shape index (κ2) is 8.92. The van der Waals surface area contributed by atoms with Gasteiger partial charge in [-0.05, 0) is 31.9 Å². The van der Waals surface area contributed by atoms with Crippen LogP contribution in [0.5, 0.6) is 0 Å². The molecular weight excluding hydrogens is 383 g/mol. The fourth-order valence-electron chi connectivity index (χ4n) is 3.02. The summed E-state index contributed by atoms with van der Waals surface area (Å²) in [5, 5.41) is 7.71. The summed E-state index contributed by atoms with van der Waals surface area (Å²) < 4.78 is 13.6. The van der Waals surface area contributed by atoms with Crippen LogP contribution < -0.4 is 10.6 Å². The van der Waals surface area contributed by atoms with Crippen LogP contribution in [0.3, 0.4) is 0 Å². The van der Waals surface area contributed by atoms with Crippen LogP contribution >= 0.6 is 11.3 Å². The summed E-state index contributed by atoms with van der Waals surface area (Å²) in [5.41, 5.74) is 0.765. The van der Waals surface area contributed by atoms with Crippen LogP contribution in [-0.4, -0.2) is 47.2 Å². The number of aromatic nitrogens is 1. The first-order valence-corrected chi connectivity index (χ1v) is 9.85. The number of aryl methyl sites for hydroxylation is 1. The summed E-state index contributed by atoms with van der Waals surface area (Å²) in [7, 11) is 0. The van der Waals surface area contributed by atoms with Crippen molar-refractivity contribution in [2.45, 2.75) is 19.8 Å². The highest BCUT2D eigenvalue weighted by atomic mass is 32.1. The van der Waals surface area contributed by atoms with Crippen LogP contribution in [0.25, 0.3) is 0 Å². The third-order valence-electron chi connectivity index (χ3n) is 4.59. The Kier molecular flexibility index (Phi) is 6.35. The van der Waals surface area contributed by atoms with E-state index in [2.05, 4.69) is 15.6 Å². The maximum absolute atomic E-state index is 13.6. The van der Waals surface area contributed by atoms with Crippen molar-refractivity contribution in [1.29, 1.82) is 0 Å². The molecule has 0 atom stereocenters. The smallest absolute Gasteiger partial charge is 0.254 e. The second-order valence-electron chi connectivity index (χ2n) is 6.60. The molecule has 0 bridgehead atoms. The minimum absolute atomic E-state index is 0.0886. The third kappa shape index (κ3) is 4.92. The average molecular weight is 404 g/mol. The van der Waals surface area contributed by atoms with Crippen molar-refractivity contribution in [3.05, 3.63) is 46.7 Å². The van der Waals surface area contributed by atoms with E-state index in [1.54, 1.807) is 11.0 Å². The Hall–Kier alpha value is -2.81. The van der Waals surface area contributed by atoms with Crippen LogP contribution in [0.15, 0.2) is 29.6 Å². The molecule has 0 unspecified atom stereocenters. The first kappa shape index (κ1) is 19.9. The molecule has 0 saturated carbocycles. The van der Waals surface area contributed by atoms with E-state index in [4.69, 9.17) is 0 Å². The molecule has 0 aliphatic carbocycles. The molecule has 28 heavy (non-hydrogen) atoms. The number of hydrogen-bond acceptors (Lipinski definition) is 5. The number of carbonyl (C=O) groups excluding carboxylic acids is 3. The first-order chi connectivity index (χ1) is 13.4. The topological polar surface area (TPSA) is 91.4 Å². The van der Waals surface area contributed by atoms with Crippen LogP contribution in [-0.2, 0) is 9.59 Å². The molecule has 9 heteroatoms. The molecule has 1 aliphatic heterocycles. The predicted molar refractivity (Wildman–Crippen MR) is 104 cm³/mol. The Morgan fingerprint density at radius 2 is 1.96 bits per heavy atom. The van der Waals surface area contributed by atoms with E-state index in [0.717, 1.165) is 5.69 Å². The van der Waals surface area contributed by atoms with Crippen molar-refractivity contribution in [2.75, 3.05) is 25.0 Å². The van der Waals surface area contributed by atoms with Gasteiger partial charge in [0.15, 0.2) is 5.13 Å². The zero-order valence-electron chi connectivity index (χ0n) is 15.4. The Morgan fingerprint density at radius 1 is 1.25 bits per heavy atom. The summed E-state index contributed by atoms with van der Waals surface area (Å²) in [5.74, 6) is -1.77. The lowest BCUT2D eigenvalue weighted by Crippen LogP contribution is -2.45. The van der Waals surface area contributed by atoms with E-state index in [1.807, 2.05) is 12.3 Å². The van der Waals surface area contributed by atoms with Crippen LogP contribution in [0.2, 0.25) is 0 Å². The number of nitrogens with one attached hydrogen (secondary N) is 2. The number of thiazole rings is 1. The van der Waals surface area contributed by atoms with Crippen molar-refractivity contribution >= 4 is 34.2 Å². The Morgan fingerprint density at radius 3 is 2.61 bits per heavy atom. The number of amides is 3. The highest BCUT2D eigenvalue weighted by molar-refractivity contribution is 7.13. The van der Waals surface area contributed by atoms with Crippen molar-refractivity contribution in [2.24, 2.45) is 5.92 Å². The zero-order chi connectivity index (χ0) is 20.1. The largest absolute Gasteiger partial charge is 0.343 e. The number of likely N-dealkylation sites (tertiary alicyclic amines) is 1. The standard InChI is InChI=1S/C19H21FN4O3S/c1-12-11-28-19(22-12)23-17(26)13-6-8-24(9-7-13)16(25)10-21-18(27)14-4-2-3-5-15(14)20/h2-5,11,13H,6-10H2,1H3,(H,21,27)(H,22,23,26). The van der Waals surface area contributed by atoms with Crippen LogP contribution in [0, 0.1) is 18.7 Å². The summed E-state index contributed by atoms with van der Waals surface area (Å²) in [6.07, 6.45) is 1.09. The van der Waals surface area contributed by atoms with E-state index < -0.39 is 11.7 Å². The molecule has 1 aromatic heterocycles. The Bertz CT molecular complexity index is 878. The monoisotopic (exact) mass is 404 g/mol. The molecule has 148 valence electrons. The van der Waals surface area contributed by atoms with Crippen LogP contribution in [0.4, 0.5) is 9.52 Å². The first-order valence-electron chi connectivity index (χ1n) is 8.97. The maximum Gasteiger partial charge on any atom is 0.254 e. The van der Waals surface area contributed by atoms with E-state index in [1.165, 1.54) is 29.5 Å². The Balaban J connectivity index is 1.44. The molecule has 2 aromatic rings. The minimum atomic E-state index is -0.630. The lowest BCUT2D eigenvalue weighted by molar-refractivity contribution is -0.133. The molecule has 3 rings (SSSR count). The van der Waals surface area contributed by atoms with Gasteiger partial charge in [-0.25, -0.2) is 9.37 Å². The second-order valence-corrected chi connectivity index (χ2v) is 7.46. The van der Waals surface area contributed by atoms with Gasteiger partial charge < -0.3 is 15.5 Å². The van der Waals surface area contributed by atoms with Gasteiger partial charge in [0.25, 0.3) is 5.91 Å². The molecule has 1 aliphatic rings. The minimum Gasteiger partial charge on any atom is -0.343 e. The number of nitrogens with zero attached hydrogens (tertiary/aromatic N) is 2. The number of benzene rings is 1. The lowest BCUT2D eigenvalue weighted by atomic mass is 9.96. The molecule has 3 amide bonds. The summed E-state index contributed by atoms with van der Waals surface area (Å²) in [4.78, 5) is 42.4. The fraction of sp³-hybridized carbons (Fsp3) is 0.368. The van der Waals surface area contributed by atoms with Crippen molar-refractivity contribution in [3.8, 4) is 0 Å². The Labute approximate surface area is 166 Å². The molecular formula is C19H21FN4O3S. The molecule has 2 heterocycles. The highest BCUT2D eigenvalue weighted by Crippen LogP contribution is 2.21. The van der Waals surface area contributed by atoms with E-state index in [9.17, 15) is 18.8 Å². The number of rotatable bonds is 5. The van der Waals surface area contributed by atoms with Gasteiger partial charge in [0.05, 0.1) is 17.8 Å². The average Bonchev–Trinajstić information content (AvgIpc) is 3.11. The highest BCUT2D eigenvalue weighted by Gasteiger charge is 2.28. The van der Waals surface area contributed by atoms with Gasteiger partial charge in [0.1, 0.15) is 5.82 Å². The summed E-state index contributed by atoms with van der Waals surface area (Å²) in [6.45, 7) is 2.52. The normalized spacial score (nSPS) is 14.6. The predicted octanol–water partition coefficient (Wildman–Crippen LogP) is 2.20. The van der Waals surface area contributed by atoms with Crippen molar-refractivity contribution in [3.63, 3.8) is 0 Å². The SMILES string of the molecule is Cc1csc(NC(=O)C2CCN(C(=O)CNC(=O)c3ccccc3F)CC2)n1. The molecule has 0 spiro atoms.